The standard InChI is InChI=1S/C48H31N3/c49-32-33-14-13-19-36(28-33)37-24-26-43-41(29-37)42-30-38(25-27-44(42)48(43,39-20-9-3-10-21-39)40-22-11-4-12-23-40)46-31-45(34-15-5-1-6-16-34)50-47(51-46)35-17-7-2-8-18-35/h1-31H. The van der Waals surface area contributed by atoms with Crippen LogP contribution in [0.1, 0.15) is 27.8 Å². The summed E-state index contributed by atoms with van der Waals surface area (Å²) in [5.41, 5.74) is 14.2. The van der Waals surface area contributed by atoms with Gasteiger partial charge in [-0.05, 0) is 74.8 Å². The fourth-order valence-corrected chi connectivity index (χ4v) is 7.67. The van der Waals surface area contributed by atoms with Crippen molar-refractivity contribution in [3.8, 4) is 62.2 Å². The molecule has 51 heavy (non-hydrogen) atoms. The molecule has 1 heterocycles. The van der Waals surface area contributed by atoms with Crippen LogP contribution in [0.5, 0.6) is 0 Å². The number of fused-ring (bicyclic) bond motifs is 3. The number of hydrogen-bond donors (Lipinski definition) is 0. The van der Waals surface area contributed by atoms with Crippen molar-refractivity contribution in [2.24, 2.45) is 0 Å². The van der Waals surface area contributed by atoms with Gasteiger partial charge in [-0.3, -0.25) is 0 Å². The van der Waals surface area contributed by atoms with E-state index < -0.39 is 5.41 Å². The van der Waals surface area contributed by atoms with Crippen LogP contribution in [0.25, 0.3) is 56.2 Å². The Bertz CT molecular complexity index is 2470. The van der Waals surface area contributed by atoms with Crippen molar-refractivity contribution in [2.45, 2.75) is 5.41 Å². The summed E-state index contributed by atoms with van der Waals surface area (Å²) in [6, 6.07) is 68.0. The molecule has 0 saturated heterocycles. The highest BCUT2D eigenvalue weighted by molar-refractivity contribution is 5.91. The van der Waals surface area contributed by atoms with Crippen LogP contribution in [-0.4, -0.2) is 9.97 Å². The second-order valence-electron chi connectivity index (χ2n) is 12.9. The minimum atomic E-state index is -0.533. The first-order valence-electron chi connectivity index (χ1n) is 17.1. The topological polar surface area (TPSA) is 49.6 Å². The Morgan fingerprint density at radius 1 is 0.392 bits per heavy atom. The molecule has 1 aliphatic carbocycles. The fraction of sp³-hybridized carbons (Fsp3) is 0.0208. The van der Waals surface area contributed by atoms with E-state index in [1.807, 2.05) is 54.6 Å². The van der Waals surface area contributed by atoms with E-state index in [1.54, 1.807) is 0 Å². The third kappa shape index (κ3) is 5.14. The number of hydrogen-bond acceptors (Lipinski definition) is 3. The van der Waals surface area contributed by atoms with E-state index in [0.29, 0.717) is 11.4 Å². The number of nitriles is 1. The molecule has 1 aromatic heterocycles. The lowest BCUT2D eigenvalue weighted by atomic mass is 9.67. The molecular weight excluding hydrogens is 619 g/mol. The lowest BCUT2D eigenvalue weighted by molar-refractivity contribution is 0.768. The van der Waals surface area contributed by atoms with Crippen molar-refractivity contribution < 1.29 is 0 Å². The highest BCUT2D eigenvalue weighted by Gasteiger charge is 2.46. The average molecular weight is 650 g/mol. The molecule has 7 aromatic carbocycles. The van der Waals surface area contributed by atoms with E-state index in [0.717, 1.165) is 44.8 Å². The molecular formula is C48H31N3. The van der Waals surface area contributed by atoms with Crippen LogP contribution in [0.2, 0.25) is 0 Å². The molecule has 3 heteroatoms. The summed E-state index contributed by atoms with van der Waals surface area (Å²) in [4.78, 5) is 10.2. The van der Waals surface area contributed by atoms with Crippen molar-refractivity contribution in [1.29, 1.82) is 5.26 Å². The Kier molecular flexibility index (Phi) is 7.42. The molecule has 0 atom stereocenters. The number of nitrogens with zero attached hydrogens (tertiary/aromatic N) is 3. The molecule has 1 aliphatic rings. The SMILES string of the molecule is N#Cc1cccc(-c2ccc3c(c2)-c2cc(-c4cc(-c5ccccc5)nc(-c5ccccc5)n4)ccc2C3(c2ccccc2)c2ccccc2)c1. The molecule has 0 amide bonds. The van der Waals surface area contributed by atoms with Gasteiger partial charge in [0.15, 0.2) is 5.82 Å². The molecule has 238 valence electrons. The van der Waals surface area contributed by atoms with Crippen LogP contribution in [-0.2, 0) is 5.41 Å². The Balaban J connectivity index is 1.31. The van der Waals surface area contributed by atoms with Gasteiger partial charge in [-0.1, -0.05) is 158 Å². The number of benzene rings is 7. The molecule has 0 aliphatic heterocycles. The Morgan fingerprint density at radius 3 is 1.45 bits per heavy atom. The molecule has 0 fully saturated rings. The summed E-state index contributed by atoms with van der Waals surface area (Å²) in [6.45, 7) is 0. The van der Waals surface area contributed by atoms with E-state index in [9.17, 15) is 5.26 Å². The predicted molar refractivity (Wildman–Crippen MR) is 206 cm³/mol. The highest BCUT2D eigenvalue weighted by Crippen LogP contribution is 2.57. The maximum Gasteiger partial charge on any atom is 0.160 e. The quantitative estimate of drug-likeness (QED) is 0.180. The van der Waals surface area contributed by atoms with Gasteiger partial charge >= 0.3 is 0 Å². The van der Waals surface area contributed by atoms with Crippen molar-refractivity contribution >= 4 is 0 Å². The maximum absolute atomic E-state index is 9.68. The van der Waals surface area contributed by atoms with Gasteiger partial charge in [-0.15, -0.1) is 0 Å². The van der Waals surface area contributed by atoms with Crippen LogP contribution in [0, 0.1) is 11.3 Å². The van der Waals surface area contributed by atoms with Crippen molar-refractivity contribution in [3.63, 3.8) is 0 Å². The summed E-state index contributed by atoms with van der Waals surface area (Å²) in [5, 5.41) is 9.68. The predicted octanol–water partition coefficient (Wildman–Crippen LogP) is 11.4. The summed E-state index contributed by atoms with van der Waals surface area (Å²) >= 11 is 0. The lowest BCUT2D eigenvalue weighted by Gasteiger charge is -2.34. The van der Waals surface area contributed by atoms with Crippen molar-refractivity contribution in [1.82, 2.24) is 9.97 Å². The van der Waals surface area contributed by atoms with Gasteiger partial charge in [-0.2, -0.15) is 5.26 Å². The Morgan fingerprint density at radius 2 is 0.863 bits per heavy atom. The molecule has 0 unspecified atom stereocenters. The monoisotopic (exact) mass is 649 g/mol. The van der Waals surface area contributed by atoms with Gasteiger partial charge in [0.25, 0.3) is 0 Å². The van der Waals surface area contributed by atoms with E-state index in [1.165, 1.54) is 27.8 Å². The van der Waals surface area contributed by atoms with E-state index >= 15 is 0 Å². The Hall–Kier alpha value is -6.89. The average Bonchev–Trinajstić information content (AvgIpc) is 3.52. The first-order valence-corrected chi connectivity index (χ1v) is 17.1. The highest BCUT2D eigenvalue weighted by atomic mass is 14.9. The normalized spacial score (nSPS) is 12.5. The van der Waals surface area contributed by atoms with Crippen molar-refractivity contribution in [3.05, 3.63) is 216 Å². The Labute approximate surface area is 297 Å². The van der Waals surface area contributed by atoms with Gasteiger partial charge in [0.1, 0.15) is 0 Å². The minimum Gasteiger partial charge on any atom is -0.228 e. The second-order valence-corrected chi connectivity index (χ2v) is 12.9. The molecule has 3 nitrogen and oxygen atoms in total. The zero-order valence-corrected chi connectivity index (χ0v) is 27.7. The van der Waals surface area contributed by atoms with Gasteiger partial charge < -0.3 is 0 Å². The smallest absolute Gasteiger partial charge is 0.160 e. The summed E-state index contributed by atoms with van der Waals surface area (Å²) < 4.78 is 0. The zero-order valence-electron chi connectivity index (χ0n) is 27.7. The number of rotatable bonds is 6. The van der Waals surface area contributed by atoms with E-state index in [4.69, 9.17) is 9.97 Å². The van der Waals surface area contributed by atoms with Crippen LogP contribution >= 0.6 is 0 Å². The van der Waals surface area contributed by atoms with Crippen molar-refractivity contribution in [2.75, 3.05) is 0 Å². The van der Waals surface area contributed by atoms with Gasteiger partial charge in [-0.25, -0.2) is 9.97 Å². The third-order valence-corrected chi connectivity index (χ3v) is 10.00. The molecule has 0 saturated carbocycles. The molecule has 0 radical (unpaired) electrons. The first kappa shape index (κ1) is 30.2. The van der Waals surface area contributed by atoms with Crippen LogP contribution in [0.4, 0.5) is 0 Å². The summed E-state index contributed by atoms with van der Waals surface area (Å²) in [5.74, 6) is 0.690. The second kappa shape index (κ2) is 12.5. The van der Waals surface area contributed by atoms with E-state index in [2.05, 4.69) is 140 Å². The van der Waals surface area contributed by atoms with Gasteiger partial charge in [0, 0.05) is 16.7 Å². The largest absolute Gasteiger partial charge is 0.228 e. The zero-order chi connectivity index (χ0) is 34.2. The van der Waals surface area contributed by atoms with Gasteiger partial charge in [0.2, 0.25) is 0 Å². The fourth-order valence-electron chi connectivity index (χ4n) is 7.67. The molecule has 0 bridgehead atoms. The van der Waals surface area contributed by atoms with Crippen LogP contribution in [0.3, 0.4) is 0 Å². The molecule has 0 N–H and O–H groups in total. The summed E-state index contributed by atoms with van der Waals surface area (Å²) in [7, 11) is 0. The van der Waals surface area contributed by atoms with Gasteiger partial charge in [0.05, 0.1) is 28.4 Å². The minimum absolute atomic E-state index is 0.533. The lowest BCUT2D eigenvalue weighted by Crippen LogP contribution is -2.28. The maximum atomic E-state index is 9.68. The summed E-state index contributed by atoms with van der Waals surface area (Å²) in [6.07, 6.45) is 0. The van der Waals surface area contributed by atoms with E-state index in [-0.39, 0.29) is 0 Å². The third-order valence-electron chi connectivity index (χ3n) is 10.00. The molecule has 8 aromatic rings. The first-order chi connectivity index (χ1) is 25.2. The number of aromatic nitrogens is 2. The molecule has 0 spiro atoms. The van der Waals surface area contributed by atoms with Crippen LogP contribution in [0.15, 0.2) is 188 Å². The van der Waals surface area contributed by atoms with Crippen LogP contribution < -0.4 is 0 Å². The molecule has 9 rings (SSSR count).